The molecule has 0 aliphatic carbocycles. The van der Waals surface area contributed by atoms with Gasteiger partial charge in [-0.3, -0.25) is 0 Å². The van der Waals surface area contributed by atoms with Gasteiger partial charge < -0.3 is 0 Å². The van der Waals surface area contributed by atoms with E-state index in [0.717, 1.165) is 38.9 Å². The number of nitrogens with zero attached hydrogens (tertiary/aromatic N) is 3. The Morgan fingerprint density at radius 1 is 0.302 bits per heavy atom. The van der Waals surface area contributed by atoms with Gasteiger partial charge in [-0.05, 0) is 46.5 Å². The van der Waals surface area contributed by atoms with E-state index >= 15 is 0 Å². The number of thiophene rings is 1. The molecule has 0 atom stereocenters. The quantitative estimate of drug-likeness (QED) is 0.208. The maximum Gasteiger partial charge on any atom is 0.164 e. The molecule has 0 aliphatic heterocycles. The average molecular weight is 568 g/mol. The summed E-state index contributed by atoms with van der Waals surface area (Å²) in [5.74, 6) is 1.97. The molecule has 2 aromatic heterocycles. The van der Waals surface area contributed by atoms with E-state index in [1.807, 2.05) is 12.1 Å². The second-order valence-corrected chi connectivity index (χ2v) is 11.6. The van der Waals surface area contributed by atoms with Crippen LogP contribution in [-0.2, 0) is 0 Å². The number of rotatable bonds is 5. The highest BCUT2D eigenvalue weighted by atomic mass is 32.1. The van der Waals surface area contributed by atoms with Crippen LogP contribution in [0.4, 0.5) is 0 Å². The number of aromatic nitrogens is 3. The van der Waals surface area contributed by atoms with Gasteiger partial charge in [-0.15, -0.1) is 11.3 Å². The first kappa shape index (κ1) is 25.3. The van der Waals surface area contributed by atoms with E-state index in [9.17, 15) is 0 Å². The molecule has 0 unspecified atom stereocenters. The van der Waals surface area contributed by atoms with Gasteiger partial charge in [0.1, 0.15) is 0 Å². The highest BCUT2D eigenvalue weighted by molar-refractivity contribution is 7.25. The number of benzene rings is 6. The molecule has 0 radical (unpaired) electrons. The Bertz CT molecular complexity index is 2140. The highest BCUT2D eigenvalue weighted by Gasteiger charge is 2.15. The zero-order valence-electron chi connectivity index (χ0n) is 23.2. The lowest BCUT2D eigenvalue weighted by molar-refractivity contribution is 1.07. The lowest BCUT2D eigenvalue weighted by Gasteiger charge is -2.11. The fourth-order valence-electron chi connectivity index (χ4n) is 5.57. The monoisotopic (exact) mass is 567 g/mol. The number of hydrogen-bond acceptors (Lipinski definition) is 4. The van der Waals surface area contributed by atoms with Crippen LogP contribution < -0.4 is 0 Å². The Labute approximate surface area is 253 Å². The van der Waals surface area contributed by atoms with Crippen LogP contribution in [0.1, 0.15) is 0 Å². The molecule has 202 valence electrons. The number of hydrogen-bond donors (Lipinski definition) is 0. The van der Waals surface area contributed by atoms with Crippen LogP contribution in [-0.4, -0.2) is 15.0 Å². The first-order valence-electron chi connectivity index (χ1n) is 14.3. The van der Waals surface area contributed by atoms with Crippen molar-refractivity contribution in [2.45, 2.75) is 0 Å². The van der Waals surface area contributed by atoms with E-state index in [1.165, 1.54) is 20.2 Å². The summed E-state index contributed by atoms with van der Waals surface area (Å²) in [4.78, 5) is 15.2. The van der Waals surface area contributed by atoms with Gasteiger partial charge in [0, 0.05) is 36.9 Å². The normalized spacial score (nSPS) is 11.3. The predicted octanol–water partition coefficient (Wildman–Crippen LogP) is 10.6. The fraction of sp³-hybridized carbons (Fsp3) is 0. The van der Waals surface area contributed by atoms with Crippen LogP contribution in [0.3, 0.4) is 0 Å². The van der Waals surface area contributed by atoms with Crippen LogP contribution in [0.15, 0.2) is 152 Å². The van der Waals surface area contributed by atoms with Gasteiger partial charge in [-0.1, -0.05) is 127 Å². The predicted molar refractivity (Wildman–Crippen MR) is 180 cm³/mol. The summed E-state index contributed by atoms with van der Waals surface area (Å²) in [6, 6.07) is 52.8. The van der Waals surface area contributed by atoms with E-state index in [0.29, 0.717) is 17.5 Å². The largest absolute Gasteiger partial charge is 0.208 e. The zero-order chi connectivity index (χ0) is 28.6. The SMILES string of the molecule is c1ccc(-c2cccc(-c3nc(-c4cccc(-c5ccccc5)c4)nc(-c4ccc5c(c4)sc4ccccc45)n3)c2)cc1. The molecule has 6 aromatic carbocycles. The molecule has 0 fully saturated rings. The van der Waals surface area contributed by atoms with Crippen molar-refractivity contribution in [2.75, 3.05) is 0 Å². The summed E-state index contributed by atoms with van der Waals surface area (Å²) in [7, 11) is 0. The minimum absolute atomic E-state index is 0.652. The van der Waals surface area contributed by atoms with Crippen LogP contribution in [0.25, 0.3) is 76.6 Å². The van der Waals surface area contributed by atoms with Gasteiger partial charge in [0.25, 0.3) is 0 Å². The van der Waals surface area contributed by atoms with Crippen molar-refractivity contribution in [2.24, 2.45) is 0 Å². The van der Waals surface area contributed by atoms with Crippen molar-refractivity contribution >= 4 is 31.5 Å². The Morgan fingerprint density at radius 2 is 0.744 bits per heavy atom. The standard InChI is InChI=1S/C39H25N3S/c1-3-11-26(12-4-1)28-15-9-17-30(23-28)37-40-38(31-18-10-16-29(24-31)27-13-5-2-6-14-27)42-39(41-37)32-21-22-34-33-19-7-8-20-35(33)43-36(34)25-32/h1-25H. The van der Waals surface area contributed by atoms with Crippen molar-refractivity contribution in [3.63, 3.8) is 0 Å². The maximum absolute atomic E-state index is 5.06. The van der Waals surface area contributed by atoms with Gasteiger partial charge in [0.2, 0.25) is 0 Å². The molecule has 43 heavy (non-hydrogen) atoms. The molecule has 8 rings (SSSR count). The molecule has 3 nitrogen and oxygen atoms in total. The summed E-state index contributed by atoms with van der Waals surface area (Å²) in [5, 5.41) is 2.53. The van der Waals surface area contributed by atoms with Crippen molar-refractivity contribution < 1.29 is 0 Å². The average Bonchev–Trinajstić information content (AvgIpc) is 3.47. The smallest absolute Gasteiger partial charge is 0.164 e. The lowest BCUT2D eigenvalue weighted by Crippen LogP contribution is -2.00. The minimum Gasteiger partial charge on any atom is -0.208 e. The summed E-state index contributed by atoms with van der Waals surface area (Å²) < 4.78 is 2.50. The maximum atomic E-state index is 5.06. The second-order valence-electron chi connectivity index (χ2n) is 10.5. The summed E-state index contributed by atoms with van der Waals surface area (Å²) in [5.41, 5.74) is 7.44. The van der Waals surface area contributed by atoms with E-state index in [1.54, 1.807) is 11.3 Å². The van der Waals surface area contributed by atoms with Gasteiger partial charge >= 0.3 is 0 Å². The van der Waals surface area contributed by atoms with Crippen molar-refractivity contribution in [3.8, 4) is 56.4 Å². The van der Waals surface area contributed by atoms with Crippen LogP contribution in [0.2, 0.25) is 0 Å². The third-order valence-corrected chi connectivity index (χ3v) is 8.86. The molecule has 0 bridgehead atoms. The van der Waals surface area contributed by atoms with Gasteiger partial charge in [0.15, 0.2) is 17.5 Å². The van der Waals surface area contributed by atoms with Gasteiger partial charge in [-0.25, -0.2) is 15.0 Å². The molecule has 0 spiro atoms. The Balaban J connectivity index is 1.30. The molecule has 0 saturated carbocycles. The first-order valence-corrected chi connectivity index (χ1v) is 15.1. The minimum atomic E-state index is 0.652. The second kappa shape index (κ2) is 10.8. The molecule has 4 heteroatoms. The van der Waals surface area contributed by atoms with Crippen molar-refractivity contribution in [1.82, 2.24) is 15.0 Å². The summed E-state index contributed by atoms with van der Waals surface area (Å²) >= 11 is 1.80. The third kappa shape index (κ3) is 4.88. The topological polar surface area (TPSA) is 38.7 Å². The van der Waals surface area contributed by atoms with E-state index in [2.05, 4.69) is 140 Å². The number of fused-ring (bicyclic) bond motifs is 3. The Kier molecular flexibility index (Phi) is 6.32. The van der Waals surface area contributed by atoms with E-state index in [4.69, 9.17) is 15.0 Å². The van der Waals surface area contributed by atoms with Crippen LogP contribution in [0.5, 0.6) is 0 Å². The van der Waals surface area contributed by atoms with Gasteiger partial charge in [0.05, 0.1) is 0 Å². The van der Waals surface area contributed by atoms with Crippen LogP contribution >= 0.6 is 11.3 Å². The van der Waals surface area contributed by atoms with Crippen LogP contribution in [0, 0.1) is 0 Å². The molecule has 0 N–H and O–H groups in total. The fourth-order valence-corrected chi connectivity index (χ4v) is 6.71. The van der Waals surface area contributed by atoms with Gasteiger partial charge in [-0.2, -0.15) is 0 Å². The van der Waals surface area contributed by atoms with E-state index < -0.39 is 0 Å². The summed E-state index contributed by atoms with van der Waals surface area (Å²) in [6.07, 6.45) is 0. The first-order chi connectivity index (χ1) is 21.3. The molecule has 0 aliphatic rings. The van der Waals surface area contributed by atoms with Crippen molar-refractivity contribution in [3.05, 3.63) is 152 Å². The zero-order valence-corrected chi connectivity index (χ0v) is 24.0. The Morgan fingerprint density at radius 3 is 1.33 bits per heavy atom. The third-order valence-electron chi connectivity index (χ3n) is 7.73. The molecule has 0 saturated heterocycles. The highest BCUT2D eigenvalue weighted by Crippen LogP contribution is 2.36. The molecule has 8 aromatic rings. The Hall–Kier alpha value is -5.45. The van der Waals surface area contributed by atoms with E-state index in [-0.39, 0.29) is 0 Å². The van der Waals surface area contributed by atoms with Crippen molar-refractivity contribution in [1.29, 1.82) is 0 Å². The molecular formula is C39H25N3S. The molecule has 0 amide bonds. The molecular weight excluding hydrogens is 543 g/mol. The molecule has 2 heterocycles. The summed E-state index contributed by atoms with van der Waals surface area (Å²) in [6.45, 7) is 0. The lowest BCUT2D eigenvalue weighted by atomic mass is 10.0.